The van der Waals surface area contributed by atoms with Crippen molar-refractivity contribution >= 4 is 40.2 Å². The molecule has 2 aromatic heterocycles. The molecule has 5 rings (SSSR count). The third-order valence-electron chi connectivity index (χ3n) is 5.92. The number of aromatic amines is 1. The Morgan fingerprint density at radius 1 is 0.861 bits per heavy atom. The maximum atomic E-state index is 13.0. The lowest BCUT2D eigenvalue weighted by molar-refractivity contribution is 0.102. The van der Waals surface area contributed by atoms with Gasteiger partial charge in [-0.05, 0) is 53.9 Å². The Bertz CT molecular complexity index is 1560. The summed E-state index contributed by atoms with van der Waals surface area (Å²) in [5, 5.41) is 6.58. The highest BCUT2D eigenvalue weighted by atomic mass is 16.2. The molecule has 8 nitrogen and oxygen atoms in total. The third-order valence-corrected chi connectivity index (χ3v) is 5.92. The Morgan fingerprint density at radius 2 is 1.67 bits per heavy atom. The maximum Gasteiger partial charge on any atom is 0.327 e. The Hall–Kier alpha value is -4.98. The molecule has 0 spiro atoms. The van der Waals surface area contributed by atoms with Gasteiger partial charge in [0, 0.05) is 30.2 Å². The van der Waals surface area contributed by atoms with Crippen molar-refractivity contribution in [1.29, 1.82) is 0 Å². The summed E-state index contributed by atoms with van der Waals surface area (Å²) in [6.45, 7) is 1.87. The van der Waals surface area contributed by atoms with Crippen LogP contribution in [-0.4, -0.2) is 33.9 Å². The van der Waals surface area contributed by atoms with Crippen molar-refractivity contribution in [2.75, 3.05) is 22.6 Å². The van der Waals surface area contributed by atoms with E-state index >= 15 is 0 Å². The van der Waals surface area contributed by atoms with Crippen molar-refractivity contribution in [3.05, 3.63) is 103 Å². The average Bonchev–Trinajstić information content (AvgIpc) is 3.39. The number of carbonyl (C=O) groups is 2. The van der Waals surface area contributed by atoms with Crippen LogP contribution in [0, 0.1) is 6.92 Å². The number of hydrogen-bond donors (Lipinski definition) is 3. The molecule has 0 radical (unpaired) electrons. The van der Waals surface area contributed by atoms with E-state index in [-0.39, 0.29) is 11.9 Å². The van der Waals surface area contributed by atoms with Crippen LogP contribution in [0.15, 0.2) is 91.4 Å². The number of fused-ring (bicyclic) bond motifs is 1. The summed E-state index contributed by atoms with van der Waals surface area (Å²) in [7, 11) is 1.63. The quantitative estimate of drug-likeness (QED) is 0.296. The highest BCUT2D eigenvalue weighted by molar-refractivity contribution is 6.08. The second kappa shape index (κ2) is 9.71. The molecule has 8 heteroatoms. The number of urea groups is 1. The highest BCUT2D eigenvalue weighted by Gasteiger charge is 2.18. The summed E-state index contributed by atoms with van der Waals surface area (Å²) in [5.74, 6) is 0.206. The van der Waals surface area contributed by atoms with Crippen molar-refractivity contribution in [3.63, 3.8) is 0 Å². The fourth-order valence-electron chi connectivity index (χ4n) is 3.93. The number of benzene rings is 3. The summed E-state index contributed by atoms with van der Waals surface area (Å²) in [4.78, 5) is 38.9. The first-order chi connectivity index (χ1) is 17.5. The first-order valence-corrected chi connectivity index (χ1v) is 11.4. The van der Waals surface area contributed by atoms with E-state index in [1.807, 2.05) is 67.6 Å². The minimum atomic E-state index is -0.382. The molecule has 178 valence electrons. The van der Waals surface area contributed by atoms with Crippen LogP contribution in [0.25, 0.3) is 22.2 Å². The van der Waals surface area contributed by atoms with Crippen LogP contribution >= 0.6 is 0 Å². The average molecular weight is 477 g/mol. The van der Waals surface area contributed by atoms with Crippen LogP contribution < -0.4 is 15.5 Å². The van der Waals surface area contributed by atoms with Gasteiger partial charge in [0.2, 0.25) is 0 Å². The second-order valence-corrected chi connectivity index (χ2v) is 8.36. The number of aryl methyl sites for hydroxylation is 1. The molecule has 0 atom stereocenters. The van der Waals surface area contributed by atoms with Gasteiger partial charge < -0.3 is 15.6 Å². The van der Waals surface area contributed by atoms with Crippen LogP contribution in [0.2, 0.25) is 0 Å². The number of hydrogen-bond acceptors (Lipinski definition) is 4. The van der Waals surface area contributed by atoms with Crippen LogP contribution in [0.5, 0.6) is 0 Å². The second-order valence-electron chi connectivity index (χ2n) is 8.36. The molecule has 0 saturated heterocycles. The number of amides is 3. The topological polar surface area (TPSA) is 103 Å². The van der Waals surface area contributed by atoms with E-state index in [2.05, 4.69) is 25.6 Å². The molecular weight excluding hydrogens is 452 g/mol. The zero-order chi connectivity index (χ0) is 25.1. The van der Waals surface area contributed by atoms with Crippen molar-refractivity contribution < 1.29 is 9.59 Å². The zero-order valence-electron chi connectivity index (χ0n) is 19.8. The van der Waals surface area contributed by atoms with Crippen molar-refractivity contribution in [2.24, 2.45) is 0 Å². The van der Waals surface area contributed by atoms with E-state index in [1.54, 1.807) is 31.4 Å². The number of carbonyl (C=O) groups excluding carboxylic acids is 2. The fraction of sp³-hybridized carbons (Fsp3) is 0.0714. The summed E-state index contributed by atoms with van der Waals surface area (Å²) >= 11 is 0. The molecule has 0 aliphatic rings. The lowest BCUT2D eigenvalue weighted by atomic mass is 10.0. The predicted octanol–water partition coefficient (Wildman–Crippen LogP) is 5.85. The molecule has 0 saturated carbocycles. The molecule has 2 heterocycles. The standard InChI is InChI=1S/C28H24N6O2/c1-18-11-12-21(27(35)32-22-10-6-9-20(15-22)19-7-4-3-5-8-19)16-24(18)33-28(36)34(2)26-23-13-14-29-25(23)30-17-31-26/h3-17H,1-2H3,(H,32,35)(H,33,36)(H,29,30,31). The normalized spacial score (nSPS) is 10.7. The number of H-pyrrole nitrogens is 1. The fourth-order valence-corrected chi connectivity index (χ4v) is 3.93. The predicted molar refractivity (Wildman–Crippen MR) is 142 cm³/mol. The number of rotatable bonds is 5. The maximum absolute atomic E-state index is 13.0. The first-order valence-electron chi connectivity index (χ1n) is 11.4. The number of aromatic nitrogens is 3. The number of nitrogens with zero attached hydrogens (tertiary/aromatic N) is 3. The number of nitrogens with one attached hydrogen (secondary N) is 3. The highest BCUT2D eigenvalue weighted by Crippen LogP contribution is 2.25. The zero-order valence-corrected chi connectivity index (χ0v) is 19.8. The van der Waals surface area contributed by atoms with Gasteiger partial charge in [-0.3, -0.25) is 9.69 Å². The van der Waals surface area contributed by atoms with Crippen LogP contribution in [-0.2, 0) is 0 Å². The monoisotopic (exact) mass is 476 g/mol. The Balaban J connectivity index is 1.33. The Kier molecular flexibility index (Phi) is 6.15. The minimum Gasteiger partial charge on any atom is -0.346 e. The van der Waals surface area contributed by atoms with Crippen LogP contribution in [0.1, 0.15) is 15.9 Å². The SMILES string of the molecule is Cc1ccc(C(=O)Nc2cccc(-c3ccccc3)c2)cc1NC(=O)N(C)c1ncnc2[nH]ccc12. The van der Waals surface area contributed by atoms with Gasteiger partial charge in [-0.2, -0.15) is 0 Å². The van der Waals surface area contributed by atoms with Crippen molar-refractivity contribution in [2.45, 2.75) is 6.92 Å². The summed E-state index contributed by atoms with van der Waals surface area (Å²) in [6, 6.07) is 24.3. The van der Waals surface area contributed by atoms with Gasteiger partial charge in [0.1, 0.15) is 17.8 Å². The van der Waals surface area contributed by atoms with E-state index in [9.17, 15) is 9.59 Å². The molecule has 36 heavy (non-hydrogen) atoms. The lowest BCUT2D eigenvalue weighted by Crippen LogP contribution is -2.32. The minimum absolute atomic E-state index is 0.270. The summed E-state index contributed by atoms with van der Waals surface area (Å²) in [5.41, 5.74) is 5.20. The van der Waals surface area contributed by atoms with Gasteiger partial charge in [0.15, 0.2) is 0 Å². The largest absolute Gasteiger partial charge is 0.346 e. The van der Waals surface area contributed by atoms with Crippen LogP contribution in [0.4, 0.5) is 22.0 Å². The number of anilines is 3. The molecule has 0 unspecified atom stereocenters. The van der Waals surface area contributed by atoms with Gasteiger partial charge in [-0.1, -0.05) is 48.5 Å². The molecule has 3 amide bonds. The van der Waals surface area contributed by atoms with Crippen molar-refractivity contribution in [3.8, 4) is 11.1 Å². The Labute approximate surface area is 208 Å². The molecule has 0 fully saturated rings. The van der Waals surface area contributed by atoms with E-state index in [1.165, 1.54) is 11.2 Å². The van der Waals surface area contributed by atoms with Crippen molar-refractivity contribution in [1.82, 2.24) is 15.0 Å². The Morgan fingerprint density at radius 3 is 2.50 bits per heavy atom. The molecule has 0 bridgehead atoms. The smallest absolute Gasteiger partial charge is 0.327 e. The van der Waals surface area contributed by atoms with E-state index in [0.29, 0.717) is 28.4 Å². The molecule has 0 aliphatic carbocycles. The van der Waals surface area contributed by atoms with Crippen LogP contribution in [0.3, 0.4) is 0 Å². The van der Waals surface area contributed by atoms with E-state index in [4.69, 9.17) is 0 Å². The molecule has 5 aromatic rings. The van der Waals surface area contributed by atoms with Gasteiger partial charge >= 0.3 is 6.03 Å². The summed E-state index contributed by atoms with van der Waals surface area (Å²) < 4.78 is 0. The molecule has 3 aromatic carbocycles. The van der Waals surface area contributed by atoms with Gasteiger partial charge in [0.05, 0.1) is 5.39 Å². The third kappa shape index (κ3) is 4.65. The van der Waals surface area contributed by atoms with Gasteiger partial charge in [-0.25, -0.2) is 14.8 Å². The van der Waals surface area contributed by atoms with E-state index in [0.717, 1.165) is 22.1 Å². The van der Waals surface area contributed by atoms with E-state index < -0.39 is 0 Å². The molecule has 3 N–H and O–H groups in total. The van der Waals surface area contributed by atoms with Gasteiger partial charge in [0.25, 0.3) is 5.91 Å². The first kappa shape index (κ1) is 22.8. The summed E-state index contributed by atoms with van der Waals surface area (Å²) in [6.07, 6.45) is 3.15. The lowest BCUT2D eigenvalue weighted by Gasteiger charge is -2.19. The molecule has 0 aliphatic heterocycles. The molecular formula is C28H24N6O2. The van der Waals surface area contributed by atoms with Gasteiger partial charge in [-0.15, -0.1) is 0 Å².